The zero-order chi connectivity index (χ0) is 56.4. The van der Waals surface area contributed by atoms with Gasteiger partial charge in [0.25, 0.3) is 0 Å². The van der Waals surface area contributed by atoms with Crippen molar-refractivity contribution >= 4 is 17.9 Å². The van der Waals surface area contributed by atoms with E-state index in [1.807, 2.05) is 0 Å². The van der Waals surface area contributed by atoms with E-state index in [4.69, 9.17) is 14.2 Å². The minimum absolute atomic E-state index is 0.0692. The molecule has 6 nitrogen and oxygen atoms in total. The first kappa shape index (κ1) is 74.8. The van der Waals surface area contributed by atoms with Crippen LogP contribution in [0.4, 0.5) is 0 Å². The molecule has 0 radical (unpaired) electrons. The zero-order valence-electron chi connectivity index (χ0n) is 51.9. The molecular formula is C72H128O6. The Morgan fingerprint density at radius 3 is 0.782 bits per heavy atom. The predicted molar refractivity (Wildman–Crippen MR) is 339 cm³/mol. The van der Waals surface area contributed by atoms with Crippen LogP contribution in [-0.4, -0.2) is 37.2 Å². The molecule has 0 bridgehead atoms. The number of esters is 3. The van der Waals surface area contributed by atoms with Gasteiger partial charge in [0.05, 0.1) is 0 Å². The van der Waals surface area contributed by atoms with Crippen LogP contribution in [0, 0.1) is 0 Å². The molecular weight excluding hydrogens is 961 g/mol. The molecule has 0 spiro atoms. The highest BCUT2D eigenvalue weighted by Crippen LogP contribution is 2.18. The highest BCUT2D eigenvalue weighted by molar-refractivity contribution is 5.71. The highest BCUT2D eigenvalue weighted by Gasteiger charge is 2.19. The van der Waals surface area contributed by atoms with Gasteiger partial charge in [-0.1, -0.05) is 331 Å². The van der Waals surface area contributed by atoms with Crippen molar-refractivity contribution in [3.05, 3.63) is 72.9 Å². The van der Waals surface area contributed by atoms with E-state index in [0.717, 1.165) is 96.3 Å². The number of hydrogen-bond donors (Lipinski definition) is 0. The van der Waals surface area contributed by atoms with Crippen molar-refractivity contribution in [2.45, 2.75) is 354 Å². The average Bonchev–Trinajstić information content (AvgIpc) is 3.44. The summed E-state index contributed by atoms with van der Waals surface area (Å²) in [6.45, 7) is 6.57. The molecule has 0 heterocycles. The van der Waals surface area contributed by atoms with E-state index in [0.29, 0.717) is 19.3 Å². The van der Waals surface area contributed by atoms with E-state index in [-0.39, 0.29) is 31.1 Å². The summed E-state index contributed by atoms with van der Waals surface area (Å²) in [5.41, 5.74) is 0. The van der Waals surface area contributed by atoms with Crippen molar-refractivity contribution < 1.29 is 28.6 Å². The molecule has 0 aromatic heterocycles. The maximum absolute atomic E-state index is 12.9. The third-order valence-corrected chi connectivity index (χ3v) is 15.0. The van der Waals surface area contributed by atoms with Gasteiger partial charge < -0.3 is 14.2 Å². The van der Waals surface area contributed by atoms with Crippen molar-refractivity contribution in [3.8, 4) is 0 Å². The van der Waals surface area contributed by atoms with E-state index in [1.165, 1.54) is 212 Å². The lowest BCUT2D eigenvalue weighted by Crippen LogP contribution is -2.30. The van der Waals surface area contributed by atoms with Crippen LogP contribution in [0.3, 0.4) is 0 Å². The summed E-state index contributed by atoms with van der Waals surface area (Å²) in [7, 11) is 0. The van der Waals surface area contributed by atoms with Gasteiger partial charge in [-0.2, -0.15) is 0 Å². The molecule has 0 aliphatic carbocycles. The van der Waals surface area contributed by atoms with Crippen molar-refractivity contribution in [2.75, 3.05) is 13.2 Å². The quantitative estimate of drug-likeness (QED) is 0.0261. The standard InChI is InChI=1S/C72H128O6/c1-4-7-10-13-16-19-22-25-27-29-30-31-32-33-34-35-36-37-38-39-40-41-42-44-45-47-50-53-56-59-62-65-71(74)77-68-69(67-76-70(73)64-61-58-55-52-49-24-21-18-15-12-9-6-3)78-72(75)66-63-60-57-54-51-48-46-43-28-26-23-20-17-14-11-8-5-2/h7,10,16,19,25,27,30-31,33-34,36-37,69H,4-6,8-9,11-15,17-18,20-24,26,28-29,32,35,38-68H2,1-3H3/b10-7-,19-16-,27-25-,31-30-,34-33-,37-36-. The van der Waals surface area contributed by atoms with Crippen LogP contribution < -0.4 is 0 Å². The van der Waals surface area contributed by atoms with Crippen LogP contribution in [0.5, 0.6) is 0 Å². The highest BCUT2D eigenvalue weighted by atomic mass is 16.6. The van der Waals surface area contributed by atoms with Gasteiger partial charge in [0.15, 0.2) is 6.10 Å². The molecule has 78 heavy (non-hydrogen) atoms. The molecule has 0 aromatic rings. The summed E-state index contributed by atoms with van der Waals surface area (Å²) in [4.78, 5) is 38.3. The van der Waals surface area contributed by atoms with E-state index in [2.05, 4.69) is 93.7 Å². The fourth-order valence-corrected chi connectivity index (χ4v) is 9.92. The average molecular weight is 1090 g/mol. The van der Waals surface area contributed by atoms with Gasteiger partial charge in [0.1, 0.15) is 13.2 Å². The molecule has 0 amide bonds. The normalized spacial score (nSPS) is 12.5. The largest absolute Gasteiger partial charge is 0.462 e. The molecule has 0 aliphatic rings. The van der Waals surface area contributed by atoms with Crippen LogP contribution >= 0.6 is 0 Å². The van der Waals surface area contributed by atoms with Crippen molar-refractivity contribution in [3.63, 3.8) is 0 Å². The van der Waals surface area contributed by atoms with Gasteiger partial charge in [-0.25, -0.2) is 0 Å². The van der Waals surface area contributed by atoms with Crippen LogP contribution in [0.15, 0.2) is 72.9 Å². The first-order valence-corrected chi connectivity index (χ1v) is 33.9. The summed E-state index contributed by atoms with van der Waals surface area (Å²) < 4.78 is 17.0. The lowest BCUT2D eigenvalue weighted by Gasteiger charge is -2.18. The Hall–Kier alpha value is -3.15. The molecule has 0 saturated heterocycles. The van der Waals surface area contributed by atoms with E-state index < -0.39 is 6.10 Å². The Balaban J connectivity index is 4.19. The van der Waals surface area contributed by atoms with Gasteiger partial charge >= 0.3 is 17.9 Å². The molecule has 0 rings (SSSR count). The summed E-state index contributed by atoms with van der Waals surface area (Å²) in [6, 6.07) is 0. The number of ether oxygens (including phenoxy) is 3. The first-order valence-electron chi connectivity index (χ1n) is 33.9. The third-order valence-electron chi connectivity index (χ3n) is 15.0. The molecule has 0 aromatic carbocycles. The minimum Gasteiger partial charge on any atom is -0.462 e. The van der Waals surface area contributed by atoms with Crippen LogP contribution in [-0.2, 0) is 28.6 Å². The topological polar surface area (TPSA) is 78.9 Å². The molecule has 6 heteroatoms. The third kappa shape index (κ3) is 63.7. The summed E-state index contributed by atoms with van der Waals surface area (Å²) in [5, 5.41) is 0. The van der Waals surface area contributed by atoms with Gasteiger partial charge in [-0.3, -0.25) is 14.4 Å². The number of carbonyl (C=O) groups excluding carboxylic acids is 3. The fourth-order valence-electron chi connectivity index (χ4n) is 9.92. The Morgan fingerprint density at radius 1 is 0.269 bits per heavy atom. The number of unbranched alkanes of at least 4 members (excludes halogenated alkanes) is 39. The summed E-state index contributed by atoms with van der Waals surface area (Å²) >= 11 is 0. The fraction of sp³-hybridized carbons (Fsp3) is 0.792. The molecule has 0 N–H and O–H groups in total. The molecule has 0 fully saturated rings. The molecule has 1 unspecified atom stereocenters. The molecule has 0 saturated carbocycles. The minimum atomic E-state index is -0.772. The molecule has 1 atom stereocenters. The van der Waals surface area contributed by atoms with Crippen LogP contribution in [0.25, 0.3) is 0 Å². The predicted octanol–water partition coefficient (Wildman–Crippen LogP) is 23.3. The molecule has 0 aliphatic heterocycles. The van der Waals surface area contributed by atoms with E-state index in [9.17, 15) is 14.4 Å². The Labute approximate surface area is 484 Å². The number of hydrogen-bond acceptors (Lipinski definition) is 6. The smallest absolute Gasteiger partial charge is 0.306 e. The Kier molecular flexibility index (Phi) is 63.7. The SMILES string of the molecule is CC/C=C\C/C=C\C/C=C\C/C=C\C/C=C\C/C=C\CCCCCCCCCCCCCCC(=O)OCC(COC(=O)CCCCCCCCCCCCCC)OC(=O)CCCCCCCCCCCCCCCCCCC. The molecule has 452 valence electrons. The van der Waals surface area contributed by atoms with Crippen molar-refractivity contribution in [2.24, 2.45) is 0 Å². The first-order chi connectivity index (χ1) is 38.5. The monoisotopic (exact) mass is 1090 g/mol. The van der Waals surface area contributed by atoms with Gasteiger partial charge in [0.2, 0.25) is 0 Å². The number of allylic oxidation sites excluding steroid dienone is 12. The second-order valence-electron chi connectivity index (χ2n) is 22.7. The van der Waals surface area contributed by atoms with E-state index in [1.54, 1.807) is 0 Å². The Bertz CT molecular complexity index is 1440. The summed E-state index contributed by atoms with van der Waals surface area (Å²) in [6.07, 6.45) is 86.3. The second kappa shape index (κ2) is 66.4. The van der Waals surface area contributed by atoms with Crippen molar-refractivity contribution in [1.82, 2.24) is 0 Å². The van der Waals surface area contributed by atoms with Crippen molar-refractivity contribution in [1.29, 1.82) is 0 Å². The van der Waals surface area contributed by atoms with Crippen LogP contribution in [0.1, 0.15) is 348 Å². The second-order valence-corrected chi connectivity index (χ2v) is 22.7. The van der Waals surface area contributed by atoms with E-state index >= 15 is 0 Å². The maximum Gasteiger partial charge on any atom is 0.306 e. The lowest BCUT2D eigenvalue weighted by atomic mass is 10.0. The van der Waals surface area contributed by atoms with Crippen LogP contribution in [0.2, 0.25) is 0 Å². The maximum atomic E-state index is 12.9. The summed E-state index contributed by atoms with van der Waals surface area (Å²) in [5.74, 6) is -0.850. The van der Waals surface area contributed by atoms with Gasteiger partial charge in [0, 0.05) is 19.3 Å². The zero-order valence-corrected chi connectivity index (χ0v) is 51.9. The lowest BCUT2D eigenvalue weighted by molar-refractivity contribution is -0.167. The number of carbonyl (C=O) groups is 3. The van der Waals surface area contributed by atoms with Gasteiger partial charge in [-0.15, -0.1) is 0 Å². The van der Waals surface area contributed by atoms with Gasteiger partial charge in [-0.05, 0) is 70.6 Å². The Morgan fingerprint density at radius 2 is 0.500 bits per heavy atom. The number of rotatable bonds is 62.